The molecule has 0 bridgehead atoms. The Kier molecular flexibility index (Phi) is 5.05. The number of hydrogen-bond donors (Lipinski definition) is 2. The number of hydrogen-bond acceptors (Lipinski definition) is 2. The lowest BCUT2D eigenvalue weighted by molar-refractivity contribution is -0.135. The van der Waals surface area contributed by atoms with E-state index in [1.54, 1.807) is 0 Å². The van der Waals surface area contributed by atoms with Crippen LogP contribution < -0.4 is 5.32 Å². The van der Waals surface area contributed by atoms with E-state index in [0.29, 0.717) is 12.3 Å². The molecule has 1 unspecified atom stereocenters. The zero-order valence-corrected chi connectivity index (χ0v) is 9.56. The Morgan fingerprint density at radius 2 is 2.00 bits per heavy atom. The van der Waals surface area contributed by atoms with Crippen molar-refractivity contribution in [2.75, 3.05) is 6.54 Å². The number of rotatable bonds is 6. The largest absolute Gasteiger partial charge is 0.393 e. The fraction of sp³-hybridized carbons (Fsp3) is 1.00. The summed E-state index contributed by atoms with van der Waals surface area (Å²) in [5, 5.41) is 12.3. The molecule has 5 heteroatoms. The summed E-state index contributed by atoms with van der Waals surface area (Å²) in [5.74, 6) is 0.500. The molecule has 1 atom stereocenters. The summed E-state index contributed by atoms with van der Waals surface area (Å²) in [7, 11) is 0. The first kappa shape index (κ1) is 13.8. The molecule has 0 aliphatic heterocycles. The third-order valence-corrected chi connectivity index (χ3v) is 3.06. The molecule has 1 aliphatic carbocycles. The van der Waals surface area contributed by atoms with Crippen LogP contribution in [0.3, 0.4) is 0 Å². The Morgan fingerprint density at radius 1 is 1.38 bits per heavy atom. The maximum Gasteiger partial charge on any atom is 0.389 e. The minimum atomic E-state index is -4.03. The van der Waals surface area contributed by atoms with Crippen molar-refractivity contribution in [1.29, 1.82) is 0 Å². The fourth-order valence-electron chi connectivity index (χ4n) is 1.95. The van der Waals surface area contributed by atoms with Gasteiger partial charge in [-0.1, -0.05) is 0 Å². The zero-order chi connectivity index (χ0) is 12.2. The fourth-order valence-corrected chi connectivity index (χ4v) is 1.95. The van der Waals surface area contributed by atoms with Crippen LogP contribution in [0, 0.1) is 5.92 Å². The SMILES string of the molecule is CC(CCCC(F)(F)F)NCC1CC(O)C1. The number of halogens is 3. The molecular formula is C11H20F3NO. The van der Waals surface area contributed by atoms with Crippen LogP contribution in [0.15, 0.2) is 0 Å². The van der Waals surface area contributed by atoms with Gasteiger partial charge in [-0.2, -0.15) is 13.2 Å². The summed E-state index contributed by atoms with van der Waals surface area (Å²) in [6.07, 6.45) is -2.50. The highest BCUT2D eigenvalue weighted by molar-refractivity contribution is 4.80. The van der Waals surface area contributed by atoms with Crippen molar-refractivity contribution in [3.05, 3.63) is 0 Å². The van der Waals surface area contributed by atoms with Crippen molar-refractivity contribution in [3.8, 4) is 0 Å². The van der Waals surface area contributed by atoms with E-state index in [1.807, 2.05) is 6.92 Å². The first-order chi connectivity index (χ1) is 7.37. The molecule has 0 aromatic heterocycles. The molecule has 2 N–H and O–H groups in total. The van der Waals surface area contributed by atoms with E-state index < -0.39 is 12.6 Å². The molecule has 1 fully saturated rings. The highest BCUT2D eigenvalue weighted by Crippen LogP contribution is 2.26. The molecule has 2 nitrogen and oxygen atoms in total. The average molecular weight is 239 g/mol. The van der Waals surface area contributed by atoms with Crippen molar-refractivity contribution in [2.45, 2.75) is 57.3 Å². The molecule has 1 aliphatic rings. The molecular weight excluding hydrogens is 219 g/mol. The third kappa shape index (κ3) is 5.70. The standard InChI is InChI=1S/C11H20F3NO/c1-8(3-2-4-11(12,13)14)15-7-9-5-10(16)6-9/h8-10,15-16H,2-7H2,1H3. The molecule has 16 heavy (non-hydrogen) atoms. The van der Waals surface area contributed by atoms with E-state index in [9.17, 15) is 13.2 Å². The summed E-state index contributed by atoms with van der Waals surface area (Å²) in [4.78, 5) is 0. The third-order valence-electron chi connectivity index (χ3n) is 3.06. The Bertz CT molecular complexity index is 202. The monoisotopic (exact) mass is 239 g/mol. The quantitative estimate of drug-likeness (QED) is 0.746. The second kappa shape index (κ2) is 5.87. The Balaban J connectivity index is 1.96. The molecule has 1 rings (SSSR count). The molecule has 0 aromatic rings. The van der Waals surface area contributed by atoms with E-state index in [4.69, 9.17) is 5.11 Å². The van der Waals surface area contributed by atoms with Gasteiger partial charge in [0.1, 0.15) is 0 Å². The van der Waals surface area contributed by atoms with Crippen molar-refractivity contribution in [1.82, 2.24) is 5.32 Å². The average Bonchev–Trinajstić information content (AvgIpc) is 2.08. The van der Waals surface area contributed by atoms with E-state index >= 15 is 0 Å². The summed E-state index contributed by atoms with van der Waals surface area (Å²) >= 11 is 0. The van der Waals surface area contributed by atoms with Gasteiger partial charge in [0.2, 0.25) is 0 Å². The van der Waals surface area contributed by atoms with Gasteiger partial charge in [0.25, 0.3) is 0 Å². The predicted molar refractivity (Wildman–Crippen MR) is 56.1 cm³/mol. The molecule has 0 saturated heterocycles. The summed E-state index contributed by atoms with van der Waals surface area (Å²) in [6, 6.07) is 0.125. The van der Waals surface area contributed by atoms with E-state index in [0.717, 1.165) is 19.4 Å². The first-order valence-corrected chi connectivity index (χ1v) is 5.85. The minimum absolute atomic E-state index is 0.125. The van der Waals surface area contributed by atoms with Gasteiger partial charge in [-0.3, -0.25) is 0 Å². The summed E-state index contributed by atoms with van der Waals surface area (Å²) in [6.45, 7) is 2.72. The lowest BCUT2D eigenvalue weighted by Crippen LogP contribution is -2.39. The molecule has 0 radical (unpaired) electrons. The van der Waals surface area contributed by atoms with Crippen LogP contribution >= 0.6 is 0 Å². The van der Waals surface area contributed by atoms with Crippen LogP contribution in [0.5, 0.6) is 0 Å². The van der Waals surface area contributed by atoms with Gasteiger partial charge in [0.15, 0.2) is 0 Å². The highest BCUT2D eigenvalue weighted by Gasteiger charge is 2.28. The second-order valence-electron chi connectivity index (χ2n) is 4.81. The van der Waals surface area contributed by atoms with Crippen LogP contribution in [0.25, 0.3) is 0 Å². The molecule has 0 heterocycles. The van der Waals surface area contributed by atoms with Crippen LogP contribution in [0.1, 0.15) is 39.0 Å². The van der Waals surface area contributed by atoms with Crippen LogP contribution in [-0.2, 0) is 0 Å². The van der Waals surface area contributed by atoms with Gasteiger partial charge in [0.05, 0.1) is 6.10 Å². The van der Waals surface area contributed by atoms with Crippen LogP contribution in [0.2, 0.25) is 0 Å². The molecule has 1 saturated carbocycles. The van der Waals surface area contributed by atoms with Gasteiger partial charge in [-0.05, 0) is 45.1 Å². The topological polar surface area (TPSA) is 32.3 Å². The number of alkyl halides is 3. The Morgan fingerprint density at radius 3 is 2.50 bits per heavy atom. The van der Waals surface area contributed by atoms with Crippen LogP contribution in [-0.4, -0.2) is 30.0 Å². The predicted octanol–water partition coefficient (Wildman–Crippen LogP) is 2.47. The Labute approximate surface area is 94.2 Å². The highest BCUT2D eigenvalue weighted by atomic mass is 19.4. The van der Waals surface area contributed by atoms with E-state index in [-0.39, 0.29) is 18.6 Å². The minimum Gasteiger partial charge on any atom is -0.393 e. The van der Waals surface area contributed by atoms with Gasteiger partial charge in [0, 0.05) is 12.5 Å². The lowest BCUT2D eigenvalue weighted by atomic mass is 9.82. The Hall–Kier alpha value is -0.290. The first-order valence-electron chi connectivity index (χ1n) is 5.85. The normalized spacial score (nSPS) is 27.6. The summed E-state index contributed by atoms with van der Waals surface area (Å²) < 4.78 is 35.6. The number of nitrogens with one attached hydrogen (secondary N) is 1. The van der Waals surface area contributed by atoms with Crippen LogP contribution in [0.4, 0.5) is 13.2 Å². The van der Waals surface area contributed by atoms with E-state index in [2.05, 4.69) is 5.32 Å². The van der Waals surface area contributed by atoms with Gasteiger partial charge < -0.3 is 10.4 Å². The van der Waals surface area contributed by atoms with Crippen molar-refractivity contribution < 1.29 is 18.3 Å². The van der Waals surface area contributed by atoms with Crippen molar-refractivity contribution in [2.24, 2.45) is 5.92 Å². The lowest BCUT2D eigenvalue weighted by Gasteiger charge is -2.32. The van der Waals surface area contributed by atoms with Gasteiger partial charge in [-0.25, -0.2) is 0 Å². The number of aliphatic hydroxyl groups excluding tert-OH is 1. The van der Waals surface area contributed by atoms with Gasteiger partial charge in [-0.15, -0.1) is 0 Å². The maximum absolute atomic E-state index is 11.9. The van der Waals surface area contributed by atoms with Crippen molar-refractivity contribution in [3.63, 3.8) is 0 Å². The molecule has 0 amide bonds. The van der Waals surface area contributed by atoms with Gasteiger partial charge >= 0.3 is 6.18 Å². The molecule has 96 valence electrons. The molecule has 0 spiro atoms. The number of aliphatic hydroxyl groups is 1. The second-order valence-corrected chi connectivity index (χ2v) is 4.81. The maximum atomic E-state index is 11.9. The zero-order valence-electron chi connectivity index (χ0n) is 9.56. The smallest absolute Gasteiger partial charge is 0.389 e. The van der Waals surface area contributed by atoms with E-state index in [1.165, 1.54) is 0 Å². The molecule has 0 aromatic carbocycles. The summed E-state index contributed by atoms with van der Waals surface area (Å²) in [5.41, 5.74) is 0. The van der Waals surface area contributed by atoms with Crippen molar-refractivity contribution >= 4 is 0 Å².